The van der Waals surface area contributed by atoms with Crippen molar-refractivity contribution in [1.82, 2.24) is 10.2 Å². The molecule has 1 heterocycles. The first-order valence-electron chi connectivity index (χ1n) is 7.62. The third-order valence-electron chi connectivity index (χ3n) is 4.48. The van der Waals surface area contributed by atoms with Crippen molar-refractivity contribution < 1.29 is 9.18 Å². The lowest BCUT2D eigenvalue weighted by Crippen LogP contribution is -2.50. The third-order valence-corrected chi connectivity index (χ3v) is 4.48. The molecule has 21 heavy (non-hydrogen) atoms. The summed E-state index contributed by atoms with van der Waals surface area (Å²) in [5, 5.41) is 3.07. The average molecular weight is 291 g/mol. The van der Waals surface area contributed by atoms with Gasteiger partial charge in [-0.1, -0.05) is 12.1 Å². The quantitative estimate of drug-likeness (QED) is 0.881. The van der Waals surface area contributed by atoms with Gasteiger partial charge in [-0.2, -0.15) is 0 Å². The molecule has 0 radical (unpaired) electrons. The highest BCUT2D eigenvalue weighted by Crippen LogP contribution is 2.32. The molecule has 2 aliphatic rings. The van der Waals surface area contributed by atoms with Gasteiger partial charge >= 0.3 is 0 Å². The molecule has 3 N–H and O–H groups in total. The number of piperidine rings is 1. The molecule has 3 rings (SSSR count). The lowest BCUT2D eigenvalue weighted by Gasteiger charge is -2.32. The molecule has 1 aromatic carbocycles. The van der Waals surface area contributed by atoms with Gasteiger partial charge in [0, 0.05) is 25.7 Å². The monoisotopic (exact) mass is 291 g/mol. The second-order valence-electron chi connectivity index (χ2n) is 6.31. The number of carbonyl (C=O) groups is 1. The molecule has 0 aromatic heterocycles. The normalized spacial score (nSPS) is 22.0. The molecule has 0 bridgehead atoms. The molecule has 1 saturated carbocycles. The molecule has 0 atom stereocenters. The van der Waals surface area contributed by atoms with E-state index in [0.29, 0.717) is 0 Å². The number of nitrogens with zero attached hydrogens (tertiary/aromatic N) is 1. The number of amides is 1. The van der Waals surface area contributed by atoms with E-state index in [-0.39, 0.29) is 17.8 Å². The third kappa shape index (κ3) is 3.60. The molecule has 1 aromatic rings. The Hall–Kier alpha value is -1.46. The van der Waals surface area contributed by atoms with Gasteiger partial charge in [0.2, 0.25) is 5.91 Å². The lowest BCUT2D eigenvalue weighted by molar-refractivity contribution is -0.124. The highest BCUT2D eigenvalue weighted by Gasteiger charge is 2.46. The Labute approximate surface area is 124 Å². The summed E-state index contributed by atoms with van der Waals surface area (Å²) in [6.45, 7) is 2.72. The van der Waals surface area contributed by atoms with Crippen molar-refractivity contribution in [2.75, 3.05) is 13.1 Å². The number of carbonyl (C=O) groups excluding carboxylic acids is 1. The van der Waals surface area contributed by atoms with Gasteiger partial charge in [0.05, 0.1) is 5.54 Å². The number of nitrogens with two attached hydrogens (primary N) is 1. The molecule has 0 unspecified atom stereocenters. The maximum atomic E-state index is 12.9. The van der Waals surface area contributed by atoms with Gasteiger partial charge in [-0.05, 0) is 43.4 Å². The van der Waals surface area contributed by atoms with E-state index < -0.39 is 5.54 Å². The van der Waals surface area contributed by atoms with Crippen molar-refractivity contribution >= 4 is 5.91 Å². The van der Waals surface area contributed by atoms with E-state index in [1.807, 2.05) is 12.1 Å². The minimum Gasteiger partial charge on any atom is -0.352 e. The van der Waals surface area contributed by atoms with Crippen molar-refractivity contribution in [2.45, 2.75) is 43.8 Å². The maximum Gasteiger partial charge on any atom is 0.240 e. The van der Waals surface area contributed by atoms with E-state index in [4.69, 9.17) is 5.73 Å². The van der Waals surface area contributed by atoms with Crippen molar-refractivity contribution in [1.29, 1.82) is 0 Å². The number of rotatable bonds is 4. The SMILES string of the molecule is NC1(C(=O)NC2CCN(Cc3ccc(F)cc3)CC2)CC1. The van der Waals surface area contributed by atoms with Gasteiger partial charge < -0.3 is 11.1 Å². The molecular formula is C16H22FN3O. The molecule has 2 fully saturated rings. The second kappa shape index (κ2) is 5.73. The minimum atomic E-state index is -0.578. The van der Waals surface area contributed by atoms with Crippen LogP contribution in [0.2, 0.25) is 0 Å². The van der Waals surface area contributed by atoms with Crippen molar-refractivity contribution in [2.24, 2.45) is 5.73 Å². The van der Waals surface area contributed by atoms with E-state index in [1.54, 1.807) is 0 Å². The summed E-state index contributed by atoms with van der Waals surface area (Å²) in [5.41, 5.74) is 6.44. The summed E-state index contributed by atoms with van der Waals surface area (Å²) >= 11 is 0. The van der Waals surface area contributed by atoms with Crippen LogP contribution in [-0.4, -0.2) is 35.5 Å². The van der Waals surface area contributed by atoms with Crippen LogP contribution in [0.3, 0.4) is 0 Å². The van der Waals surface area contributed by atoms with Crippen molar-refractivity contribution in [3.63, 3.8) is 0 Å². The first-order valence-corrected chi connectivity index (χ1v) is 7.62. The number of nitrogens with one attached hydrogen (secondary N) is 1. The maximum absolute atomic E-state index is 12.9. The minimum absolute atomic E-state index is 0.0134. The van der Waals surface area contributed by atoms with Crippen LogP contribution in [0.25, 0.3) is 0 Å². The Balaban J connectivity index is 1.44. The Morgan fingerprint density at radius 3 is 2.48 bits per heavy atom. The Morgan fingerprint density at radius 1 is 1.29 bits per heavy atom. The van der Waals surface area contributed by atoms with Gasteiger partial charge in [-0.15, -0.1) is 0 Å². The predicted molar refractivity (Wildman–Crippen MR) is 79.0 cm³/mol. The molecule has 4 nitrogen and oxygen atoms in total. The van der Waals surface area contributed by atoms with Crippen LogP contribution in [0.4, 0.5) is 4.39 Å². The van der Waals surface area contributed by atoms with Crippen molar-refractivity contribution in [3.8, 4) is 0 Å². The zero-order chi connectivity index (χ0) is 14.9. The Morgan fingerprint density at radius 2 is 1.90 bits per heavy atom. The topological polar surface area (TPSA) is 58.4 Å². The molecule has 1 amide bonds. The highest BCUT2D eigenvalue weighted by molar-refractivity contribution is 5.89. The average Bonchev–Trinajstić information content (AvgIpc) is 3.23. The summed E-state index contributed by atoms with van der Waals surface area (Å²) in [5.74, 6) is -0.185. The number of likely N-dealkylation sites (tertiary alicyclic amines) is 1. The summed E-state index contributed by atoms with van der Waals surface area (Å²) in [4.78, 5) is 14.3. The first kappa shape index (κ1) is 14.5. The smallest absolute Gasteiger partial charge is 0.240 e. The number of halogens is 1. The predicted octanol–water partition coefficient (Wildman–Crippen LogP) is 1.40. The molecule has 5 heteroatoms. The number of hydrogen-bond donors (Lipinski definition) is 2. The van der Waals surface area contributed by atoms with E-state index in [0.717, 1.165) is 50.9 Å². The van der Waals surface area contributed by atoms with Crippen LogP contribution in [0.1, 0.15) is 31.2 Å². The van der Waals surface area contributed by atoms with Crippen LogP contribution in [0.15, 0.2) is 24.3 Å². The second-order valence-corrected chi connectivity index (χ2v) is 6.31. The fourth-order valence-corrected chi connectivity index (χ4v) is 2.77. The van der Waals surface area contributed by atoms with Crippen molar-refractivity contribution in [3.05, 3.63) is 35.6 Å². The fraction of sp³-hybridized carbons (Fsp3) is 0.562. The van der Waals surface area contributed by atoms with Gasteiger partial charge in [0.25, 0.3) is 0 Å². The molecule has 1 aliphatic carbocycles. The van der Waals surface area contributed by atoms with E-state index in [9.17, 15) is 9.18 Å². The van der Waals surface area contributed by atoms with Gasteiger partial charge in [0.1, 0.15) is 5.82 Å². The fourth-order valence-electron chi connectivity index (χ4n) is 2.77. The van der Waals surface area contributed by atoms with Crippen LogP contribution in [0, 0.1) is 5.82 Å². The first-order chi connectivity index (χ1) is 10.0. The van der Waals surface area contributed by atoms with Crippen LogP contribution in [-0.2, 0) is 11.3 Å². The number of benzene rings is 1. The zero-order valence-electron chi connectivity index (χ0n) is 12.1. The summed E-state index contributed by atoms with van der Waals surface area (Å²) in [6.07, 6.45) is 3.51. The largest absolute Gasteiger partial charge is 0.352 e. The summed E-state index contributed by atoms with van der Waals surface area (Å²) in [6, 6.07) is 6.89. The summed E-state index contributed by atoms with van der Waals surface area (Å²) < 4.78 is 12.9. The molecule has 1 aliphatic heterocycles. The van der Waals surface area contributed by atoms with Gasteiger partial charge in [-0.25, -0.2) is 4.39 Å². The molecule has 1 saturated heterocycles. The van der Waals surface area contributed by atoms with E-state index in [2.05, 4.69) is 10.2 Å². The number of hydrogen-bond acceptors (Lipinski definition) is 3. The Kier molecular flexibility index (Phi) is 3.95. The molecule has 0 spiro atoms. The van der Waals surface area contributed by atoms with E-state index >= 15 is 0 Å². The lowest BCUT2D eigenvalue weighted by atomic mass is 10.0. The highest BCUT2D eigenvalue weighted by atomic mass is 19.1. The summed E-state index contributed by atoms with van der Waals surface area (Å²) in [7, 11) is 0. The van der Waals surface area contributed by atoms with Crippen LogP contribution < -0.4 is 11.1 Å². The standard InChI is InChI=1S/C16H22FN3O/c17-13-3-1-12(2-4-13)11-20-9-5-14(6-10-20)19-15(21)16(18)7-8-16/h1-4,14H,5-11,18H2,(H,19,21). The Bertz CT molecular complexity index is 505. The van der Waals surface area contributed by atoms with Gasteiger partial charge in [0.15, 0.2) is 0 Å². The zero-order valence-corrected chi connectivity index (χ0v) is 12.1. The van der Waals surface area contributed by atoms with Gasteiger partial charge in [-0.3, -0.25) is 9.69 Å². The van der Waals surface area contributed by atoms with Crippen LogP contribution >= 0.6 is 0 Å². The molecule has 114 valence electrons. The van der Waals surface area contributed by atoms with Crippen LogP contribution in [0.5, 0.6) is 0 Å². The van der Waals surface area contributed by atoms with E-state index in [1.165, 1.54) is 12.1 Å². The molecular weight excluding hydrogens is 269 g/mol.